The molecular weight excluding hydrogens is 380 g/mol. The number of hydrogen-bond acceptors (Lipinski definition) is 8. The molecule has 1 fully saturated rings. The Hall–Kier alpha value is -1.67. The van der Waals surface area contributed by atoms with Gasteiger partial charge in [0.15, 0.2) is 24.6 Å². The molecular formula is C21H36O8. The average molecular weight is 417 g/mol. The number of aliphatic hydroxyl groups excluding tert-OH is 1. The summed E-state index contributed by atoms with van der Waals surface area (Å²) in [6, 6.07) is 0. The van der Waals surface area contributed by atoms with E-state index in [1.165, 1.54) is 0 Å². The third-order valence-electron chi connectivity index (χ3n) is 4.31. The first-order valence-electron chi connectivity index (χ1n) is 9.82. The van der Waals surface area contributed by atoms with Crippen LogP contribution in [0.15, 0.2) is 0 Å². The van der Waals surface area contributed by atoms with Crippen molar-refractivity contribution in [1.29, 1.82) is 0 Å². The van der Waals surface area contributed by atoms with Crippen LogP contribution in [0.3, 0.4) is 0 Å². The smallest absolute Gasteiger partial charge is 0.311 e. The van der Waals surface area contributed by atoms with E-state index in [0.717, 1.165) is 0 Å². The van der Waals surface area contributed by atoms with E-state index in [2.05, 4.69) is 0 Å². The summed E-state index contributed by atoms with van der Waals surface area (Å²) in [6.07, 6.45) is -5.97. The highest BCUT2D eigenvalue weighted by molar-refractivity contribution is 5.77. The minimum atomic E-state index is -1.54. The summed E-state index contributed by atoms with van der Waals surface area (Å²) in [7, 11) is 0. The van der Waals surface area contributed by atoms with E-state index >= 15 is 0 Å². The molecule has 1 rings (SSSR count). The van der Waals surface area contributed by atoms with E-state index < -0.39 is 64.9 Å². The van der Waals surface area contributed by atoms with Crippen molar-refractivity contribution in [3.63, 3.8) is 0 Å². The molecule has 0 aromatic rings. The quantitative estimate of drug-likeness (QED) is 0.552. The second-order valence-corrected chi connectivity index (χ2v) is 10.6. The van der Waals surface area contributed by atoms with Gasteiger partial charge in [-0.25, -0.2) is 0 Å². The second-order valence-electron chi connectivity index (χ2n) is 10.6. The Morgan fingerprint density at radius 2 is 0.966 bits per heavy atom. The molecule has 8 heteroatoms. The topological polar surface area (TPSA) is 108 Å². The molecule has 5 atom stereocenters. The van der Waals surface area contributed by atoms with Gasteiger partial charge in [0.1, 0.15) is 0 Å². The van der Waals surface area contributed by atoms with Gasteiger partial charge in [-0.05, 0) is 69.2 Å². The highest BCUT2D eigenvalue weighted by atomic mass is 16.7. The number of carbonyl (C=O) groups excluding carboxylic acids is 3. The first-order chi connectivity index (χ1) is 12.9. The van der Waals surface area contributed by atoms with Crippen LogP contribution in [0.1, 0.15) is 69.2 Å². The lowest BCUT2D eigenvalue weighted by Gasteiger charge is -2.43. The Bertz CT molecular complexity index is 580. The van der Waals surface area contributed by atoms with Gasteiger partial charge in [0.05, 0.1) is 22.3 Å². The van der Waals surface area contributed by atoms with E-state index in [1.807, 2.05) is 0 Å². The highest BCUT2D eigenvalue weighted by Gasteiger charge is 2.52. The Balaban J connectivity index is 3.29. The molecule has 0 spiro atoms. The fraction of sp³-hybridized carbons (Fsp3) is 0.857. The molecule has 168 valence electrons. The minimum Gasteiger partial charge on any atom is -0.455 e. The van der Waals surface area contributed by atoms with Crippen molar-refractivity contribution in [2.24, 2.45) is 16.2 Å². The summed E-state index contributed by atoms with van der Waals surface area (Å²) in [5.74, 6) is -1.73. The molecule has 0 radical (unpaired) electrons. The first kappa shape index (κ1) is 25.4. The Kier molecular flexibility index (Phi) is 7.52. The second kappa shape index (κ2) is 8.60. The normalized spacial score (nSPS) is 28.4. The van der Waals surface area contributed by atoms with Crippen LogP contribution in [-0.4, -0.2) is 53.7 Å². The molecule has 0 bridgehead atoms. The standard InChI is InChI=1S/C21H36O8/c1-11-12(27-16(23)19(2,3)4)13(28-17(24)20(5,6)7)14(15(22)26-11)29-18(25)21(8,9)10/h11-15,22H,1-10H3/t11-,12-,13+,14+,15+/m0/s1. The van der Waals surface area contributed by atoms with Crippen molar-refractivity contribution in [2.75, 3.05) is 0 Å². The predicted molar refractivity (Wildman–Crippen MR) is 105 cm³/mol. The summed E-state index contributed by atoms with van der Waals surface area (Å²) < 4.78 is 22.1. The first-order valence-corrected chi connectivity index (χ1v) is 9.82. The molecule has 0 aromatic heterocycles. The third-order valence-corrected chi connectivity index (χ3v) is 4.31. The van der Waals surface area contributed by atoms with E-state index in [-0.39, 0.29) is 0 Å². The number of aliphatic hydroxyl groups is 1. The molecule has 1 N–H and O–H groups in total. The molecule has 0 aromatic carbocycles. The molecule has 0 amide bonds. The van der Waals surface area contributed by atoms with Crippen LogP contribution in [0.25, 0.3) is 0 Å². The third kappa shape index (κ3) is 6.67. The van der Waals surface area contributed by atoms with Crippen LogP contribution in [0, 0.1) is 16.2 Å². The lowest BCUT2D eigenvalue weighted by Crippen LogP contribution is -2.62. The Morgan fingerprint density at radius 3 is 1.31 bits per heavy atom. The van der Waals surface area contributed by atoms with E-state index in [1.54, 1.807) is 69.2 Å². The number of hydrogen-bond donors (Lipinski definition) is 1. The molecule has 1 saturated heterocycles. The van der Waals surface area contributed by atoms with Crippen LogP contribution in [0.5, 0.6) is 0 Å². The minimum absolute atomic E-state index is 0.535. The molecule has 8 nitrogen and oxygen atoms in total. The maximum absolute atomic E-state index is 12.6. The number of rotatable bonds is 3. The molecule has 1 aliphatic heterocycles. The molecule has 1 aliphatic rings. The van der Waals surface area contributed by atoms with Crippen LogP contribution >= 0.6 is 0 Å². The summed E-state index contributed by atoms with van der Waals surface area (Å²) in [4.78, 5) is 37.5. The van der Waals surface area contributed by atoms with Gasteiger partial charge < -0.3 is 24.1 Å². The zero-order valence-corrected chi connectivity index (χ0v) is 19.2. The average Bonchev–Trinajstić information content (AvgIpc) is 2.51. The fourth-order valence-electron chi connectivity index (χ4n) is 2.31. The molecule has 29 heavy (non-hydrogen) atoms. The highest BCUT2D eigenvalue weighted by Crippen LogP contribution is 2.32. The van der Waals surface area contributed by atoms with Gasteiger partial charge in [0.2, 0.25) is 0 Å². The fourth-order valence-corrected chi connectivity index (χ4v) is 2.31. The van der Waals surface area contributed by atoms with Gasteiger partial charge in [0, 0.05) is 0 Å². The summed E-state index contributed by atoms with van der Waals surface area (Å²) in [6.45, 7) is 16.6. The van der Waals surface area contributed by atoms with Crippen molar-refractivity contribution in [2.45, 2.75) is 99.9 Å². The molecule has 0 aliphatic carbocycles. The van der Waals surface area contributed by atoms with Gasteiger partial charge in [-0.15, -0.1) is 0 Å². The van der Waals surface area contributed by atoms with Crippen LogP contribution in [0.4, 0.5) is 0 Å². The zero-order chi connectivity index (χ0) is 22.9. The molecule has 0 saturated carbocycles. The van der Waals surface area contributed by atoms with Crippen LogP contribution in [-0.2, 0) is 33.3 Å². The number of esters is 3. The Labute approximate surface area is 173 Å². The lowest BCUT2D eigenvalue weighted by molar-refractivity contribution is -0.293. The molecule has 0 unspecified atom stereocenters. The van der Waals surface area contributed by atoms with Crippen molar-refractivity contribution in [3.05, 3.63) is 0 Å². The monoisotopic (exact) mass is 416 g/mol. The number of ether oxygens (including phenoxy) is 4. The summed E-state index contributed by atoms with van der Waals surface area (Å²) in [5, 5.41) is 10.4. The van der Waals surface area contributed by atoms with Gasteiger partial charge in [-0.2, -0.15) is 0 Å². The Morgan fingerprint density at radius 1 is 0.655 bits per heavy atom. The predicted octanol–water partition coefficient (Wildman–Crippen LogP) is 2.60. The van der Waals surface area contributed by atoms with Crippen molar-refractivity contribution in [3.8, 4) is 0 Å². The maximum Gasteiger partial charge on any atom is 0.311 e. The van der Waals surface area contributed by atoms with Crippen molar-refractivity contribution < 1.29 is 38.4 Å². The molecule has 1 heterocycles. The van der Waals surface area contributed by atoms with Crippen molar-refractivity contribution in [1.82, 2.24) is 0 Å². The summed E-state index contributed by atoms with van der Waals surface area (Å²) in [5.41, 5.74) is -2.53. The van der Waals surface area contributed by atoms with Gasteiger partial charge in [-0.3, -0.25) is 14.4 Å². The van der Waals surface area contributed by atoms with Crippen LogP contribution < -0.4 is 0 Å². The maximum atomic E-state index is 12.6. The van der Waals surface area contributed by atoms with E-state index in [0.29, 0.717) is 0 Å². The SMILES string of the molecule is C[C@@H]1O[C@@H](O)[C@H](OC(=O)C(C)(C)C)[C@H](OC(=O)C(C)(C)C)[C@H]1OC(=O)C(C)(C)C. The number of carbonyl (C=O) groups is 3. The van der Waals surface area contributed by atoms with Crippen LogP contribution in [0.2, 0.25) is 0 Å². The van der Waals surface area contributed by atoms with Gasteiger partial charge in [-0.1, -0.05) is 0 Å². The van der Waals surface area contributed by atoms with E-state index in [9.17, 15) is 19.5 Å². The lowest BCUT2D eigenvalue weighted by atomic mass is 9.93. The summed E-state index contributed by atoms with van der Waals surface area (Å²) >= 11 is 0. The van der Waals surface area contributed by atoms with E-state index in [4.69, 9.17) is 18.9 Å². The van der Waals surface area contributed by atoms with Gasteiger partial charge >= 0.3 is 17.9 Å². The van der Waals surface area contributed by atoms with Crippen molar-refractivity contribution >= 4 is 17.9 Å². The zero-order valence-electron chi connectivity index (χ0n) is 19.2. The largest absolute Gasteiger partial charge is 0.455 e. The van der Waals surface area contributed by atoms with Gasteiger partial charge in [0.25, 0.3) is 0 Å².